The van der Waals surface area contributed by atoms with Crippen LogP contribution in [-0.4, -0.2) is 14.9 Å². The van der Waals surface area contributed by atoms with Gasteiger partial charge in [-0.2, -0.15) is 0 Å². The summed E-state index contributed by atoms with van der Waals surface area (Å²) in [6.07, 6.45) is 6.63. The minimum absolute atomic E-state index is 0.101. The van der Waals surface area contributed by atoms with Crippen molar-refractivity contribution in [3.05, 3.63) is 63.2 Å². The van der Waals surface area contributed by atoms with Crippen molar-refractivity contribution in [3.63, 3.8) is 0 Å². The summed E-state index contributed by atoms with van der Waals surface area (Å²) < 4.78 is 0. The number of benzene rings is 1. The molecule has 0 saturated heterocycles. The predicted molar refractivity (Wildman–Crippen MR) is 69.1 cm³/mol. The highest BCUT2D eigenvalue weighted by Gasteiger charge is 2.10. The van der Waals surface area contributed by atoms with Gasteiger partial charge in [-0.25, -0.2) is 9.97 Å². The Morgan fingerprint density at radius 1 is 1.28 bits per heavy atom. The van der Waals surface area contributed by atoms with Gasteiger partial charge >= 0.3 is 0 Å². The molecular formula is C12H8ClN3O2. The number of hydrogen-bond acceptors (Lipinski definition) is 4. The van der Waals surface area contributed by atoms with Gasteiger partial charge in [-0.05, 0) is 29.8 Å². The molecule has 0 unspecified atom stereocenters. The van der Waals surface area contributed by atoms with Crippen LogP contribution in [0.5, 0.6) is 0 Å². The molecule has 0 amide bonds. The second kappa shape index (κ2) is 5.37. The number of nitro groups is 1. The highest BCUT2D eigenvalue weighted by molar-refractivity contribution is 6.32. The van der Waals surface area contributed by atoms with E-state index in [0.717, 1.165) is 11.3 Å². The fourth-order valence-electron chi connectivity index (χ4n) is 1.36. The largest absolute Gasteiger partial charge is 0.287 e. The first kappa shape index (κ1) is 12.2. The molecule has 1 aromatic carbocycles. The first-order valence-corrected chi connectivity index (χ1v) is 5.42. The van der Waals surface area contributed by atoms with Gasteiger partial charge in [-0.3, -0.25) is 10.1 Å². The second-order valence-electron chi connectivity index (χ2n) is 3.44. The van der Waals surface area contributed by atoms with Crippen LogP contribution in [0.2, 0.25) is 5.02 Å². The molecule has 0 aliphatic rings. The third kappa shape index (κ3) is 2.89. The maximum atomic E-state index is 10.6. The van der Waals surface area contributed by atoms with Gasteiger partial charge < -0.3 is 0 Å². The summed E-state index contributed by atoms with van der Waals surface area (Å²) in [5.41, 5.74) is 1.42. The standard InChI is InChI=1S/C12H8ClN3O2/c13-11-7-9(2-4-12(11)16(17)18)1-3-10-5-6-14-8-15-10/h1-8H. The van der Waals surface area contributed by atoms with Gasteiger partial charge in [0, 0.05) is 12.3 Å². The van der Waals surface area contributed by atoms with Crippen molar-refractivity contribution in [2.75, 3.05) is 0 Å². The molecule has 0 fully saturated rings. The maximum absolute atomic E-state index is 10.6. The summed E-state index contributed by atoms with van der Waals surface area (Å²) in [7, 11) is 0. The Morgan fingerprint density at radius 2 is 2.11 bits per heavy atom. The molecule has 1 aromatic heterocycles. The molecule has 90 valence electrons. The lowest BCUT2D eigenvalue weighted by molar-refractivity contribution is -0.384. The van der Waals surface area contributed by atoms with Gasteiger partial charge in [0.15, 0.2) is 0 Å². The number of aromatic nitrogens is 2. The van der Waals surface area contributed by atoms with E-state index < -0.39 is 4.92 Å². The monoisotopic (exact) mass is 261 g/mol. The SMILES string of the molecule is O=[N+]([O-])c1ccc(C=Cc2ccncn2)cc1Cl. The van der Waals surface area contributed by atoms with Crippen LogP contribution in [0.15, 0.2) is 36.8 Å². The van der Waals surface area contributed by atoms with E-state index >= 15 is 0 Å². The summed E-state index contributed by atoms with van der Waals surface area (Å²) in [4.78, 5) is 17.9. The maximum Gasteiger partial charge on any atom is 0.287 e. The highest BCUT2D eigenvalue weighted by Crippen LogP contribution is 2.25. The van der Waals surface area contributed by atoms with Crippen molar-refractivity contribution < 1.29 is 4.92 Å². The molecule has 2 aromatic rings. The molecule has 0 aliphatic heterocycles. The lowest BCUT2D eigenvalue weighted by atomic mass is 10.2. The second-order valence-corrected chi connectivity index (χ2v) is 3.84. The minimum atomic E-state index is -0.514. The fraction of sp³-hybridized carbons (Fsp3) is 0. The van der Waals surface area contributed by atoms with Crippen LogP contribution in [0.25, 0.3) is 12.2 Å². The normalized spacial score (nSPS) is 10.7. The molecule has 0 N–H and O–H groups in total. The molecule has 0 saturated carbocycles. The van der Waals surface area contributed by atoms with E-state index in [9.17, 15) is 10.1 Å². The lowest BCUT2D eigenvalue weighted by Crippen LogP contribution is -1.89. The van der Waals surface area contributed by atoms with Gasteiger partial charge in [-0.15, -0.1) is 0 Å². The molecule has 0 spiro atoms. The molecule has 18 heavy (non-hydrogen) atoms. The van der Waals surface area contributed by atoms with Crippen LogP contribution >= 0.6 is 11.6 Å². The summed E-state index contributed by atoms with van der Waals surface area (Å²) in [6.45, 7) is 0. The summed E-state index contributed by atoms with van der Waals surface area (Å²) in [5, 5.41) is 10.7. The van der Waals surface area contributed by atoms with E-state index in [4.69, 9.17) is 11.6 Å². The first-order chi connectivity index (χ1) is 8.66. The molecule has 0 aliphatic carbocycles. The summed E-state index contributed by atoms with van der Waals surface area (Å²) in [6, 6.07) is 6.30. The van der Waals surface area contributed by atoms with Gasteiger partial charge in [-0.1, -0.05) is 17.7 Å². The zero-order valence-electron chi connectivity index (χ0n) is 9.15. The number of hydrogen-bond donors (Lipinski definition) is 0. The van der Waals surface area contributed by atoms with Gasteiger partial charge in [0.25, 0.3) is 5.69 Å². The number of rotatable bonds is 3. The average Bonchev–Trinajstić information content (AvgIpc) is 2.37. The Hall–Kier alpha value is -2.27. The molecule has 0 radical (unpaired) electrons. The molecule has 0 bridgehead atoms. The summed E-state index contributed by atoms with van der Waals surface area (Å²) in [5.74, 6) is 0. The van der Waals surface area contributed by atoms with Crippen LogP contribution in [0.4, 0.5) is 5.69 Å². The molecular weight excluding hydrogens is 254 g/mol. The zero-order valence-corrected chi connectivity index (χ0v) is 9.91. The number of halogens is 1. The quantitative estimate of drug-likeness (QED) is 0.628. The van der Waals surface area contributed by atoms with Crippen molar-refractivity contribution in [1.29, 1.82) is 0 Å². The molecule has 1 heterocycles. The lowest BCUT2D eigenvalue weighted by Gasteiger charge is -1.97. The van der Waals surface area contributed by atoms with Crippen LogP contribution in [0, 0.1) is 10.1 Å². The van der Waals surface area contributed by atoms with E-state index in [0.29, 0.717) is 0 Å². The number of nitro benzene ring substituents is 1. The van der Waals surface area contributed by atoms with E-state index in [1.165, 1.54) is 18.5 Å². The predicted octanol–water partition coefficient (Wildman–Crippen LogP) is 3.21. The van der Waals surface area contributed by atoms with E-state index in [2.05, 4.69) is 9.97 Å². The van der Waals surface area contributed by atoms with Crippen LogP contribution in [0.1, 0.15) is 11.3 Å². The third-order valence-electron chi connectivity index (χ3n) is 2.22. The van der Waals surface area contributed by atoms with Gasteiger partial charge in [0.2, 0.25) is 0 Å². The van der Waals surface area contributed by atoms with Gasteiger partial charge in [0.1, 0.15) is 11.3 Å². The minimum Gasteiger partial charge on any atom is -0.258 e. The average molecular weight is 262 g/mol. The highest BCUT2D eigenvalue weighted by atomic mass is 35.5. The van der Waals surface area contributed by atoms with Crippen molar-refractivity contribution in [3.8, 4) is 0 Å². The molecule has 2 rings (SSSR count). The van der Waals surface area contributed by atoms with Gasteiger partial charge in [0.05, 0.1) is 10.6 Å². The fourth-order valence-corrected chi connectivity index (χ4v) is 1.61. The molecule has 0 atom stereocenters. The Kier molecular flexibility index (Phi) is 3.64. The third-order valence-corrected chi connectivity index (χ3v) is 2.52. The van der Waals surface area contributed by atoms with Crippen LogP contribution in [-0.2, 0) is 0 Å². The Bertz CT molecular complexity index is 600. The van der Waals surface area contributed by atoms with Crippen molar-refractivity contribution >= 4 is 29.4 Å². The first-order valence-electron chi connectivity index (χ1n) is 5.05. The van der Waals surface area contributed by atoms with E-state index in [-0.39, 0.29) is 10.7 Å². The van der Waals surface area contributed by atoms with Crippen LogP contribution < -0.4 is 0 Å². The van der Waals surface area contributed by atoms with Crippen LogP contribution in [0.3, 0.4) is 0 Å². The Morgan fingerprint density at radius 3 is 2.72 bits per heavy atom. The van der Waals surface area contributed by atoms with Crippen molar-refractivity contribution in [2.45, 2.75) is 0 Å². The smallest absolute Gasteiger partial charge is 0.258 e. The van der Waals surface area contributed by atoms with Crippen molar-refractivity contribution in [1.82, 2.24) is 9.97 Å². The number of nitrogens with zero attached hydrogens (tertiary/aromatic N) is 3. The topological polar surface area (TPSA) is 68.9 Å². The molecule has 5 nitrogen and oxygen atoms in total. The Balaban J connectivity index is 2.23. The Labute approximate surface area is 108 Å². The zero-order chi connectivity index (χ0) is 13.0. The molecule has 6 heteroatoms. The summed E-state index contributed by atoms with van der Waals surface area (Å²) >= 11 is 5.80. The van der Waals surface area contributed by atoms with E-state index in [1.54, 1.807) is 30.5 Å². The van der Waals surface area contributed by atoms with Crippen molar-refractivity contribution in [2.24, 2.45) is 0 Å². The van der Waals surface area contributed by atoms with E-state index in [1.807, 2.05) is 0 Å².